The van der Waals surface area contributed by atoms with E-state index < -0.39 is 5.54 Å². The molecule has 0 aliphatic carbocycles. The number of carbonyl (C=O) groups is 2. The van der Waals surface area contributed by atoms with Crippen molar-refractivity contribution in [2.45, 2.75) is 45.2 Å². The largest absolute Gasteiger partial charge is 0.325 e. The summed E-state index contributed by atoms with van der Waals surface area (Å²) in [5.74, 6) is 0.114. The third-order valence-corrected chi connectivity index (χ3v) is 3.88. The van der Waals surface area contributed by atoms with Gasteiger partial charge < -0.3 is 10.6 Å². The highest BCUT2D eigenvalue weighted by Crippen LogP contribution is 2.31. The van der Waals surface area contributed by atoms with Crippen LogP contribution in [0.3, 0.4) is 0 Å². The van der Waals surface area contributed by atoms with Gasteiger partial charge in [-0.3, -0.25) is 9.69 Å². The fourth-order valence-corrected chi connectivity index (χ4v) is 2.77. The Morgan fingerprint density at radius 1 is 1.41 bits per heavy atom. The molecule has 2 atom stereocenters. The highest BCUT2D eigenvalue weighted by Gasteiger charge is 2.52. The van der Waals surface area contributed by atoms with Gasteiger partial charge in [0.25, 0.3) is 5.91 Å². The normalized spacial score (nSPS) is 34.4. The molecule has 96 valence electrons. The lowest BCUT2D eigenvalue weighted by molar-refractivity contribution is -0.133. The molecule has 0 spiro atoms. The van der Waals surface area contributed by atoms with E-state index in [0.717, 1.165) is 25.9 Å². The Balaban J connectivity index is 2.21. The second kappa shape index (κ2) is 4.29. The summed E-state index contributed by atoms with van der Waals surface area (Å²) in [5.41, 5.74) is -0.727. The molecule has 2 fully saturated rings. The number of hydrogen-bond donors (Lipinski definition) is 2. The number of nitrogens with zero attached hydrogens (tertiary/aromatic N) is 1. The lowest BCUT2D eigenvalue weighted by atomic mass is 9.80. The number of urea groups is 1. The van der Waals surface area contributed by atoms with Gasteiger partial charge in [0, 0.05) is 18.5 Å². The molecule has 17 heavy (non-hydrogen) atoms. The zero-order valence-electron chi connectivity index (χ0n) is 10.7. The first-order valence-electron chi connectivity index (χ1n) is 6.33. The Morgan fingerprint density at radius 2 is 2.12 bits per heavy atom. The van der Waals surface area contributed by atoms with Crippen LogP contribution in [0, 0.1) is 5.92 Å². The molecule has 0 aromatic carbocycles. The molecule has 2 saturated heterocycles. The van der Waals surface area contributed by atoms with Crippen LogP contribution in [0.4, 0.5) is 4.79 Å². The predicted octanol–water partition coefficient (Wildman–Crippen LogP) is 0.705. The lowest BCUT2D eigenvalue weighted by Gasteiger charge is -2.35. The van der Waals surface area contributed by atoms with E-state index in [2.05, 4.69) is 10.6 Å². The fraction of sp³-hybridized carbons (Fsp3) is 0.833. The SMILES string of the molecule is CC(C)N1C(=O)N[C@@](C)([C@@H]2CCCNC2)C1=O. The van der Waals surface area contributed by atoms with Gasteiger partial charge in [0.05, 0.1) is 0 Å². The zero-order valence-corrected chi connectivity index (χ0v) is 10.7. The molecule has 0 radical (unpaired) electrons. The third kappa shape index (κ3) is 1.92. The van der Waals surface area contributed by atoms with Crippen LogP contribution >= 0.6 is 0 Å². The Hall–Kier alpha value is -1.10. The maximum Gasteiger partial charge on any atom is 0.325 e. The van der Waals surface area contributed by atoms with Crippen LogP contribution in [0.25, 0.3) is 0 Å². The summed E-state index contributed by atoms with van der Waals surface area (Å²) in [6.45, 7) is 7.38. The highest BCUT2D eigenvalue weighted by atomic mass is 16.2. The van der Waals surface area contributed by atoms with Gasteiger partial charge in [0.15, 0.2) is 0 Å². The summed E-state index contributed by atoms with van der Waals surface area (Å²) < 4.78 is 0. The molecule has 0 saturated carbocycles. The number of nitrogens with one attached hydrogen (secondary N) is 2. The Bertz CT molecular complexity index is 337. The summed E-state index contributed by atoms with van der Waals surface area (Å²) in [6, 6.07) is -0.334. The minimum atomic E-state index is -0.727. The van der Waals surface area contributed by atoms with Crippen molar-refractivity contribution in [2.75, 3.05) is 13.1 Å². The number of amides is 3. The first kappa shape index (κ1) is 12.4. The summed E-state index contributed by atoms with van der Waals surface area (Å²) in [7, 11) is 0. The van der Waals surface area contributed by atoms with Gasteiger partial charge in [-0.25, -0.2) is 4.79 Å². The molecule has 2 aliphatic heterocycles. The molecule has 2 rings (SSSR count). The van der Waals surface area contributed by atoms with E-state index in [1.165, 1.54) is 4.90 Å². The van der Waals surface area contributed by atoms with E-state index in [4.69, 9.17) is 0 Å². The number of piperidine rings is 1. The van der Waals surface area contributed by atoms with Crippen molar-refractivity contribution in [2.24, 2.45) is 5.92 Å². The van der Waals surface area contributed by atoms with Crippen LogP contribution < -0.4 is 10.6 Å². The van der Waals surface area contributed by atoms with Gasteiger partial charge in [-0.05, 0) is 40.2 Å². The van der Waals surface area contributed by atoms with Crippen molar-refractivity contribution in [3.8, 4) is 0 Å². The van der Waals surface area contributed by atoms with Gasteiger partial charge in [0.2, 0.25) is 0 Å². The molecule has 5 nitrogen and oxygen atoms in total. The fourth-order valence-electron chi connectivity index (χ4n) is 2.77. The van der Waals surface area contributed by atoms with Gasteiger partial charge in [0.1, 0.15) is 5.54 Å². The Morgan fingerprint density at radius 3 is 2.59 bits per heavy atom. The van der Waals surface area contributed by atoms with Crippen molar-refractivity contribution < 1.29 is 9.59 Å². The van der Waals surface area contributed by atoms with Crippen LogP contribution in [0.2, 0.25) is 0 Å². The maximum atomic E-state index is 12.4. The van der Waals surface area contributed by atoms with E-state index in [1.54, 1.807) is 0 Å². The van der Waals surface area contributed by atoms with E-state index in [0.29, 0.717) is 0 Å². The highest BCUT2D eigenvalue weighted by molar-refractivity contribution is 6.07. The molecule has 0 aromatic heterocycles. The van der Waals surface area contributed by atoms with Crippen molar-refractivity contribution in [1.29, 1.82) is 0 Å². The topological polar surface area (TPSA) is 61.4 Å². The average Bonchev–Trinajstić information content (AvgIpc) is 2.52. The number of imide groups is 1. The molecule has 0 bridgehead atoms. The summed E-state index contributed by atoms with van der Waals surface area (Å²) in [4.78, 5) is 25.6. The number of rotatable bonds is 2. The monoisotopic (exact) mass is 239 g/mol. The van der Waals surface area contributed by atoms with Crippen LogP contribution in [0.5, 0.6) is 0 Å². The van der Waals surface area contributed by atoms with Crippen molar-refractivity contribution in [3.05, 3.63) is 0 Å². The molecule has 5 heteroatoms. The van der Waals surface area contributed by atoms with Gasteiger partial charge >= 0.3 is 6.03 Å². The second-order valence-electron chi connectivity index (χ2n) is 5.44. The minimum Gasteiger partial charge on any atom is -0.323 e. The molecule has 2 aliphatic rings. The first-order valence-corrected chi connectivity index (χ1v) is 6.33. The van der Waals surface area contributed by atoms with E-state index in [9.17, 15) is 9.59 Å². The smallest absolute Gasteiger partial charge is 0.323 e. The van der Waals surface area contributed by atoms with Crippen LogP contribution in [0.15, 0.2) is 0 Å². The molecular formula is C12H21N3O2. The Labute approximate surface area is 102 Å². The quantitative estimate of drug-likeness (QED) is 0.697. The summed E-state index contributed by atoms with van der Waals surface area (Å²) >= 11 is 0. The predicted molar refractivity (Wildman–Crippen MR) is 64.5 cm³/mol. The molecule has 2 heterocycles. The minimum absolute atomic E-state index is 0.0776. The third-order valence-electron chi connectivity index (χ3n) is 3.88. The maximum absolute atomic E-state index is 12.4. The Kier molecular flexibility index (Phi) is 3.12. The van der Waals surface area contributed by atoms with Crippen molar-refractivity contribution >= 4 is 11.9 Å². The summed E-state index contributed by atoms with van der Waals surface area (Å²) in [6.07, 6.45) is 2.05. The van der Waals surface area contributed by atoms with E-state index >= 15 is 0 Å². The number of hydrogen-bond acceptors (Lipinski definition) is 3. The molecule has 0 aromatic rings. The van der Waals surface area contributed by atoms with Crippen molar-refractivity contribution in [1.82, 2.24) is 15.5 Å². The molecule has 0 unspecified atom stereocenters. The first-order chi connectivity index (χ1) is 7.97. The average molecular weight is 239 g/mol. The van der Waals surface area contributed by atoms with Crippen LogP contribution in [0.1, 0.15) is 33.6 Å². The molecule has 2 N–H and O–H groups in total. The van der Waals surface area contributed by atoms with Crippen molar-refractivity contribution in [3.63, 3.8) is 0 Å². The van der Waals surface area contributed by atoms with Crippen LogP contribution in [-0.4, -0.2) is 41.5 Å². The summed E-state index contributed by atoms with van der Waals surface area (Å²) in [5, 5.41) is 6.17. The van der Waals surface area contributed by atoms with Gasteiger partial charge in [-0.15, -0.1) is 0 Å². The standard InChI is InChI=1S/C12H21N3O2/c1-8(2)15-10(16)12(3,14-11(15)17)9-5-4-6-13-7-9/h8-9,13H,4-7H2,1-3H3,(H,14,17)/t9-,12+/m1/s1. The molecule has 3 amide bonds. The second-order valence-corrected chi connectivity index (χ2v) is 5.44. The van der Waals surface area contributed by atoms with Gasteiger partial charge in [-0.1, -0.05) is 0 Å². The number of carbonyl (C=O) groups excluding carboxylic acids is 2. The molecular weight excluding hydrogens is 218 g/mol. The zero-order chi connectivity index (χ0) is 12.6. The van der Waals surface area contributed by atoms with Crippen LogP contribution in [-0.2, 0) is 4.79 Å². The van der Waals surface area contributed by atoms with E-state index in [-0.39, 0.29) is 23.9 Å². The van der Waals surface area contributed by atoms with Gasteiger partial charge in [-0.2, -0.15) is 0 Å². The van der Waals surface area contributed by atoms with E-state index in [1.807, 2.05) is 20.8 Å². The lowest BCUT2D eigenvalue weighted by Crippen LogP contribution is -2.55.